The SMILES string of the molecule is Cn1c(=O)sc2cc(S(=O)(=O)Nc3ccc(Cl)cc3)ccc21. The lowest BCUT2D eigenvalue weighted by molar-refractivity contribution is 0.601. The molecule has 0 radical (unpaired) electrons. The Morgan fingerprint density at radius 2 is 1.82 bits per heavy atom. The molecule has 0 amide bonds. The van der Waals surface area contributed by atoms with Crippen molar-refractivity contribution in [3.63, 3.8) is 0 Å². The van der Waals surface area contributed by atoms with Gasteiger partial charge in [0.25, 0.3) is 10.0 Å². The first-order valence-corrected chi connectivity index (χ1v) is 8.92. The molecule has 0 saturated heterocycles. The molecule has 0 aliphatic carbocycles. The molecule has 0 aliphatic rings. The molecule has 1 heterocycles. The number of nitrogens with zero attached hydrogens (tertiary/aromatic N) is 1. The van der Waals surface area contributed by atoms with E-state index in [9.17, 15) is 13.2 Å². The van der Waals surface area contributed by atoms with Crippen molar-refractivity contribution in [2.24, 2.45) is 7.05 Å². The van der Waals surface area contributed by atoms with Crippen molar-refractivity contribution in [1.29, 1.82) is 0 Å². The largest absolute Gasteiger partial charge is 0.307 e. The van der Waals surface area contributed by atoms with Gasteiger partial charge in [0.05, 0.1) is 15.1 Å². The van der Waals surface area contributed by atoms with E-state index < -0.39 is 10.0 Å². The van der Waals surface area contributed by atoms with Gasteiger partial charge >= 0.3 is 4.87 Å². The number of thiazole rings is 1. The maximum Gasteiger partial charge on any atom is 0.307 e. The molecule has 0 aliphatic heterocycles. The van der Waals surface area contributed by atoms with E-state index in [1.54, 1.807) is 37.4 Å². The molecule has 22 heavy (non-hydrogen) atoms. The summed E-state index contributed by atoms with van der Waals surface area (Å²) in [4.78, 5) is 11.6. The van der Waals surface area contributed by atoms with Gasteiger partial charge in [-0.05, 0) is 42.5 Å². The number of anilines is 1. The Bertz CT molecular complexity index is 1000. The lowest BCUT2D eigenvalue weighted by Gasteiger charge is -2.08. The summed E-state index contributed by atoms with van der Waals surface area (Å²) in [6.45, 7) is 0. The molecule has 114 valence electrons. The van der Waals surface area contributed by atoms with Crippen LogP contribution in [-0.2, 0) is 17.1 Å². The van der Waals surface area contributed by atoms with Crippen LogP contribution in [-0.4, -0.2) is 13.0 Å². The number of nitrogens with one attached hydrogen (secondary N) is 1. The molecule has 0 atom stereocenters. The summed E-state index contributed by atoms with van der Waals surface area (Å²) in [5, 5.41) is 0.526. The lowest BCUT2D eigenvalue weighted by atomic mass is 10.3. The highest BCUT2D eigenvalue weighted by Crippen LogP contribution is 2.23. The summed E-state index contributed by atoms with van der Waals surface area (Å²) in [5.41, 5.74) is 1.13. The van der Waals surface area contributed by atoms with E-state index >= 15 is 0 Å². The Labute approximate surface area is 135 Å². The zero-order chi connectivity index (χ0) is 15.9. The number of benzene rings is 2. The van der Waals surface area contributed by atoms with Crippen LogP contribution in [0.2, 0.25) is 5.02 Å². The minimum absolute atomic E-state index is 0.108. The minimum Gasteiger partial charge on any atom is -0.302 e. The van der Waals surface area contributed by atoms with Crippen LogP contribution in [0.1, 0.15) is 0 Å². The van der Waals surface area contributed by atoms with Crippen LogP contribution >= 0.6 is 22.9 Å². The average molecular weight is 355 g/mol. The Kier molecular flexibility index (Phi) is 3.72. The zero-order valence-corrected chi connectivity index (χ0v) is 13.8. The van der Waals surface area contributed by atoms with E-state index in [-0.39, 0.29) is 9.77 Å². The van der Waals surface area contributed by atoms with Gasteiger partial charge in [0.1, 0.15) is 0 Å². The maximum absolute atomic E-state index is 12.4. The molecule has 1 N–H and O–H groups in total. The van der Waals surface area contributed by atoms with Gasteiger partial charge in [-0.15, -0.1) is 0 Å². The molecule has 0 bridgehead atoms. The Balaban J connectivity index is 2.01. The summed E-state index contributed by atoms with van der Waals surface area (Å²) in [5.74, 6) is 0. The van der Waals surface area contributed by atoms with E-state index in [0.717, 1.165) is 11.3 Å². The molecule has 3 aromatic rings. The summed E-state index contributed by atoms with van der Waals surface area (Å²) in [6.07, 6.45) is 0. The molecule has 0 saturated carbocycles. The van der Waals surface area contributed by atoms with Crippen LogP contribution in [0, 0.1) is 0 Å². The molecule has 5 nitrogen and oxygen atoms in total. The van der Waals surface area contributed by atoms with Gasteiger partial charge in [-0.2, -0.15) is 0 Å². The number of halogens is 1. The van der Waals surface area contributed by atoms with Crippen molar-refractivity contribution in [2.45, 2.75) is 4.90 Å². The highest BCUT2D eigenvalue weighted by Gasteiger charge is 2.16. The molecule has 0 spiro atoms. The van der Waals surface area contributed by atoms with Crippen LogP contribution in [0.4, 0.5) is 5.69 Å². The number of aryl methyl sites for hydroxylation is 1. The quantitative estimate of drug-likeness (QED) is 0.786. The van der Waals surface area contributed by atoms with Gasteiger partial charge < -0.3 is 4.57 Å². The van der Waals surface area contributed by atoms with Crippen LogP contribution in [0.15, 0.2) is 52.2 Å². The predicted octanol–water partition coefficient (Wildman–Crippen LogP) is 3.05. The summed E-state index contributed by atoms with van der Waals surface area (Å²) in [7, 11) is -2.06. The third-order valence-electron chi connectivity index (χ3n) is 3.17. The molecule has 3 rings (SSSR count). The molecule has 0 unspecified atom stereocenters. The highest BCUT2D eigenvalue weighted by molar-refractivity contribution is 7.92. The van der Waals surface area contributed by atoms with E-state index in [1.165, 1.54) is 16.7 Å². The van der Waals surface area contributed by atoms with Crippen LogP contribution in [0.3, 0.4) is 0 Å². The first kappa shape index (κ1) is 15.1. The molecule has 0 fully saturated rings. The van der Waals surface area contributed by atoms with Gasteiger partial charge in [-0.25, -0.2) is 8.42 Å². The number of hydrogen-bond donors (Lipinski definition) is 1. The second-order valence-electron chi connectivity index (χ2n) is 4.67. The van der Waals surface area contributed by atoms with Crippen LogP contribution in [0.5, 0.6) is 0 Å². The highest BCUT2D eigenvalue weighted by atomic mass is 35.5. The third-order valence-corrected chi connectivity index (χ3v) is 5.80. The second-order valence-corrected chi connectivity index (χ2v) is 7.78. The van der Waals surface area contributed by atoms with Crippen LogP contribution in [0.25, 0.3) is 10.2 Å². The first-order valence-electron chi connectivity index (χ1n) is 6.25. The van der Waals surface area contributed by atoms with E-state index in [0.29, 0.717) is 20.9 Å². The number of fused-ring (bicyclic) bond motifs is 1. The summed E-state index contributed by atoms with van der Waals surface area (Å²) < 4.78 is 29.4. The van der Waals surface area contributed by atoms with Gasteiger partial charge in [0.2, 0.25) is 0 Å². The van der Waals surface area contributed by atoms with Gasteiger partial charge in [0.15, 0.2) is 0 Å². The van der Waals surface area contributed by atoms with Crippen molar-refractivity contribution in [3.8, 4) is 0 Å². The zero-order valence-electron chi connectivity index (χ0n) is 11.4. The average Bonchev–Trinajstić information content (AvgIpc) is 2.76. The van der Waals surface area contributed by atoms with Gasteiger partial charge in [-0.1, -0.05) is 22.9 Å². The summed E-state index contributed by atoms with van der Waals surface area (Å²) in [6, 6.07) is 11.0. The monoisotopic (exact) mass is 354 g/mol. The Morgan fingerprint density at radius 3 is 2.50 bits per heavy atom. The Hall–Kier alpha value is -1.83. The lowest BCUT2D eigenvalue weighted by Crippen LogP contribution is -2.12. The third kappa shape index (κ3) is 2.75. The fourth-order valence-corrected chi connectivity index (χ4v) is 4.22. The smallest absolute Gasteiger partial charge is 0.302 e. The Morgan fingerprint density at radius 1 is 1.14 bits per heavy atom. The number of aromatic nitrogens is 1. The molecule has 1 aromatic heterocycles. The minimum atomic E-state index is -3.72. The summed E-state index contributed by atoms with van der Waals surface area (Å²) >= 11 is 6.79. The topological polar surface area (TPSA) is 68.2 Å². The fraction of sp³-hybridized carbons (Fsp3) is 0.0714. The number of rotatable bonds is 3. The van der Waals surface area contributed by atoms with E-state index in [2.05, 4.69) is 4.72 Å². The molecule has 8 heteroatoms. The van der Waals surface area contributed by atoms with Crippen molar-refractivity contribution >= 4 is 48.9 Å². The molecular weight excluding hydrogens is 344 g/mol. The standard InChI is InChI=1S/C14H11ClN2O3S2/c1-17-12-7-6-11(8-13(12)21-14(17)18)22(19,20)16-10-4-2-9(15)3-5-10/h2-8,16H,1H3. The number of hydrogen-bond acceptors (Lipinski definition) is 4. The van der Waals surface area contributed by atoms with Crippen LogP contribution < -0.4 is 9.60 Å². The number of sulfonamides is 1. The maximum atomic E-state index is 12.4. The first-order chi connectivity index (χ1) is 10.4. The fourth-order valence-electron chi connectivity index (χ4n) is 2.01. The molecule has 2 aromatic carbocycles. The van der Waals surface area contributed by atoms with E-state index in [4.69, 9.17) is 11.6 Å². The van der Waals surface area contributed by atoms with Crippen molar-refractivity contribution in [1.82, 2.24) is 4.57 Å². The van der Waals surface area contributed by atoms with E-state index in [1.807, 2.05) is 0 Å². The van der Waals surface area contributed by atoms with Gasteiger partial charge in [-0.3, -0.25) is 9.52 Å². The normalized spacial score (nSPS) is 11.7. The predicted molar refractivity (Wildman–Crippen MR) is 89.3 cm³/mol. The molecular formula is C14H11ClN2O3S2. The van der Waals surface area contributed by atoms with Crippen molar-refractivity contribution in [2.75, 3.05) is 4.72 Å². The van der Waals surface area contributed by atoms with Crippen molar-refractivity contribution in [3.05, 3.63) is 57.2 Å². The second kappa shape index (κ2) is 5.42. The van der Waals surface area contributed by atoms with Crippen molar-refractivity contribution < 1.29 is 8.42 Å². The van der Waals surface area contributed by atoms with Gasteiger partial charge in [0, 0.05) is 17.8 Å².